The number of carbonyl (C=O) groups excluding carboxylic acids is 1. The topological polar surface area (TPSA) is 51.2 Å². The molecule has 104 valence electrons. The van der Waals surface area contributed by atoms with Crippen molar-refractivity contribution in [1.82, 2.24) is 10.3 Å². The van der Waals surface area contributed by atoms with Gasteiger partial charge in [0, 0.05) is 17.8 Å². The molecule has 0 aliphatic heterocycles. The fourth-order valence-electron chi connectivity index (χ4n) is 1.88. The van der Waals surface area contributed by atoms with Crippen molar-refractivity contribution in [2.24, 2.45) is 0 Å². The highest BCUT2D eigenvalue weighted by Gasteiger charge is 2.08. The Kier molecular flexibility index (Phi) is 4.71. The van der Waals surface area contributed by atoms with E-state index in [1.807, 2.05) is 50.2 Å². The second-order valence-electron chi connectivity index (χ2n) is 4.39. The number of para-hydroxylation sites is 1. The maximum atomic E-state index is 12.0. The van der Waals surface area contributed by atoms with E-state index in [-0.39, 0.29) is 5.91 Å². The highest BCUT2D eigenvalue weighted by molar-refractivity contribution is 5.92. The van der Waals surface area contributed by atoms with Gasteiger partial charge in [0.25, 0.3) is 5.91 Å². The molecule has 2 rings (SSSR count). The van der Waals surface area contributed by atoms with E-state index in [1.54, 1.807) is 6.07 Å². The van der Waals surface area contributed by atoms with Gasteiger partial charge in [0.1, 0.15) is 11.4 Å². The number of aryl methyl sites for hydroxylation is 1. The Hall–Kier alpha value is -2.36. The lowest BCUT2D eigenvalue weighted by atomic mass is 10.2. The fourth-order valence-corrected chi connectivity index (χ4v) is 1.88. The molecule has 0 aliphatic rings. The van der Waals surface area contributed by atoms with Crippen molar-refractivity contribution in [1.29, 1.82) is 0 Å². The summed E-state index contributed by atoms with van der Waals surface area (Å²) < 4.78 is 5.53. The standard InChI is InChI=1S/C16H18N2O2/c1-3-20-15-10-5-4-8-13(15)11-17-16(19)14-9-6-7-12(2)18-14/h4-10H,3,11H2,1-2H3,(H,17,19). The molecule has 1 heterocycles. The van der Waals surface area contributed by atoms with Gasteiger partial charge < -0.3 is 10.1 Å². The summed E-state index contributed by atoms with van der Waals surface area (Å²) in [6, 6.07) is 13.1. The molecule has 0 saturated heterocycles. The first-order valence-electron chi connectivity index (χ1n) is 6.63. The molecule has 0 aliphatic carbocycles. The van der Waals surface area contributed by atoms with Gasteiger partial charge in [-0.3, -0.25) is 4.79 Å². The fraction of sp³-hybridized carbons (Fsp3) is 0.250. The molecule has 20 heavy (non-hydrogen) atoms. The molecule has 0 atom stereocenters. The molecule has 4 nitrogen and oxygen atoms in total. The predicted molar refractivity (Wildman–Crippen MR) is 77.8 cm³/mol. The molecule has 1 aromatic carbocycles. The number of amides is 1. The SMILES string of the molecule is CCOc1ccccc1CNC(=O)c1cccc(C)n1. The zero-order valence-corrected chi connectivity index (χ0v) is 11.7. The summed E-state index contributed by atoms with van der Waals surface area (Å²) in [6.45, 7) is 4.82. The first kappa shape index (κ1) is 14.1. The summed E-state index contributed by atoms with van der Waals surface area (Å²) in [4.78, 5) is 16.2. The Morgan fingerprint density at radius 2 is 2.00 bits per heavy atom. The van der Waals surface area contributed by atoms with E-state index < -0.39 is 0 Å². The van der Waals surface area contributed by atoms with Gasteiger partial charge in [-0.15, -0.1) is 0 Å². The van der Waals surface area contributed by atoms with Crippen LogP contribution < -0.4 is 10.1 Å². The van der Waals surface area contributed by atoms with Crippen LogP contribution in [0.3, 0.4) is 0 Å². The molecule has 1 amide bonds. The quantitative estimate of drug-likeness (QED) is 0.908. The Bertz CT molecular complexity index is 597. The Morgan fingerprint density at radius 1 is 1.20 bits per heavy atom. The molecule has 0 saturated carbocycles. The zero-order chi connectivity index (χ0) is 14.4. The van der Waals surface area contributed by atoms with Crippen LogP contribution in [0.5, 0.6) is 5.75 Å². The monoisotopic (exact) mass is 270 g/mol. The predicted octanol–water partition coefficient (Wildman–Crippen LogP) is 2.72. The van der Waals surface area contributed by atoms with Crippen molar-refractivity contribution in [3.05, 3.63) is 59.4 Å². The molecular weight excluding hydrogens is 252 g/mol. The molecule has 4 heteroatoms. The van der Waals surface area contributed by atoms with Gasteiger partial charge in [-0.05, 0) is 32.0 Å². The van der Waals surface area contributed by atoms with E-state index in [0.717, 1.165) is 17.0 Å². The van der Waals surface area contributed by atoms with Crippen molar-refractivity contribution >= 4 is 5.91 Å². The first-order chi connectivity index (χ1) is 9.70. The number of benzene rings is 1. The number of hydrogen-bond acceptors (Lipinski definition) is 3. The van der Waals surface area contributed by atoms with Gasteiger partial charge >= 0.3 is 0 Å². The summed E-state index contributed by atoms with van der Waals surface area (Å²) >= 11 is 0. The summed E-state index contributed by atoms with van der Waals surface area (Å²) in [6.07, 6.45) is 0. The van der Waals surface area contributed by atoms with E-state index in [1.165, 1.54) is 0 Å². The third kappa shape index (κ3) is 3.57. The maximum absolute atomic E-state index is 12.0. The number of nitrogens with zero attached hydrogens (tertiary/aromatic N) is 1. The number of pyridine rings is 1. The van der Waals surface area contributed by atoms with Crippen LogP contribution in [-0.4, -0.2) is 17.5 Å². The molecular formula is C16H18N2O2. The van der Waals surface area contributed by atoms with Gasteiger partial charge in [0.2, 0.25) is 0 Å². The van der Waals surface area contributed by atoms with Crippen LogP contribution in [0.4, 0.5) is 0 Å². The highest BCUT2D eigenvalue weighted by atomic mass is 16.5. The smallest absolute Gasteiger partial charge is 0.270 e. The van der Waals surface area contributed by atoms with Crippen molar-refractivity contribution in [2.45, 2.75) is 20.4 Å². The van der Waals surface area contributed by atoms with E-state index in [2.05, 4.69) is 10.3 Å². The number of carbonyl (C=O) groups is 1. The number of aromatic nitrogens is 1. The summed E-state index contributed by atoms with van der Waals surface area (Å²) in [7, 11) is 0. The lowest BCUT2D eigenvalue weighted by molar-refractivity contribution is 0.0945. The molecule has 1 aromatic heterocycles. The first-order valence-corrected chi connectivity index (χ1v) is 6.63. The zero-order valence-electron chi connectivity index (χ0n) is 11.7. The highest BCUT2D eigenvalue weighted by Crippen LogP contribution is 2.17. The van der Waals surface area contributed by atoms with E-state index in [0.29, 0.717) is 18.8 Å². The molecule has 1 N–H and O–H groups in total. The van der Waals surface area contributed by atoms with Gasteiger partial charge in [0.15, 0.2) is 0 Å². The number of nitrogens with one attached hydrogen (secondary N) is 1. The second kappa shape index (κ2) is 6.70. The number of hydrogen-bond donors (Lipinski definition) is 1. The number of rotatable bonds is 5. The van der Waals surface area contributed by atoms with Gasteiger partial charge in [-0.1, -0.05) is 24.3 Å². The summed E-state index contributed by atoms with van der Waals surface area (Å²) in [5.74, 6) is 0.618. The Labute approximate surface area is 118 Å². The van der Waals surface area contributed by atoms with Gasteiger partial charge in [-0.25, -0.2) is 4.98 Å². The lowest BCUT2D eigenvalue weighted by Crippen LogP contribution is -2.24. The minimum atomic E-state index is -0.181. The van der Waals surface area contributed by atoms with Crippen LogP contribution >= 0.6 is 0 Å². The normalized spacial score (nSPS) is 10.1. The molecule has 0 spiro atoms. The minimum Gasteiger partial charge on any atom is -0.494 e. The lowest BCUT2D eigenvalue weighted by Gasteiger charge is -2.10. The molecule has 0 fully saturated rings. The van der Waals surface area contributed by atoms with E-state index in [9.17, 15) is 4.79 Å². The molecule has 2 aromatic rings. The Balaban J connectivity index is 2.03. The van der Waals surface area contributed by atoms with Crippen molar-refractivity contribution in [3.8, 4) is 5.75 Å². The van der Waals surface area contributed by atoms with E-state index >= 15 is 0 Å². The van der Waals surface area contributed by atoms with Crippen molar-refractivity contribution in [2.75, 3.05) is 6.61 Å². The van der Waals surface area contributed by atoms with Crippen LogP contribution in [0.2, 0.25) is 0 Å². The van der Waals surface area contributed by atoms with Crippen LogP contribution in [0.15, 0.2) is 42.5 Å². The third-order valence-corrected chi connectivity index (χ3v) is 2.83. The largest absolute Gasteiger partial charge is 0.494 e. The van der Waals surface area contributed by atoms with Gasteiger partial charge in [0.05, 0.1) is 6.61 Å². The van der Waals surface area contributed by atoms with Crippen LogP contribution in [0, 0.1) is 6.92 Å². The number of ether oxygens (including phenoxy) is 1. The average molecular weight is 270 g/mol. The minimum absolute atomic E-state index is 0.181. The van der Waals surface area contributed by atoms with Crippen LogP contribution in [0.25, 0.3) is 0 Å². The molecule has 0 bridgehead atoms. The van der Waals surface area contributed by atoms with Crippen molar-refractivity contribution < 1.29 is 9.53 Å². The second-order valence-corrected chi connectivity index (χ2v) is 4.39. The van der Waals surface area contributed by atoms with E-state index in [4.69, 9.17) is 4.74 Å². The molecule has 0 unspecified atom stereocenters. The summed E-state index contributed by atoms with van der Waals surface area (Å²) in [5.41, 5.74) is 2.21. The van der Waals surface area contributed by atoms with Crippen molar-refractivity contribution in [3.63, 3.8) is 0 Å². The van der Waals surface area contributed by atoms with Crippen LogP contribution in [-0.2, 0) is 6.54 Å². The average Bonchev–Trinajstić information content (AvgIpc) is 2.46. The maximum Gasteiger partial charge on any atom is 0.270 e. The third-order valence-electron chi connectivity index (χ3n) is 2.83. The summed E-state index contributed by atoms with van der Waals surface area (Å²) in [5, 5.41) is 2.86. The molecule has 0 radical (unpaired) electrons. The van der Waals surface area contributed by atoms with Gasteiger partial charge in [-0.2, -0.15) is 0 Å². The Morgan fingerprint density at radius 3 is 2.75 bits per heavy atom. The van der Waals surface area contributed by atoms with Crippen LogP contribution in [0.1, 0.15) is 28.7 Å².